The second-order valence-corrected chi connectivity index (χ2v) is 3.08. The van der Waals surface area contributed by atoms with Gasteiger partial charge in [0.25, 0.3) is 11.8 Å². The molecular formula is C11H7NO3. The highest BCUT2D eigenvalue weighted by Crippen LogP contribution is 2.17. The monoisotopic (exact) mass is 201 g/mol. The second kappa shape index (κ2) is 3.49. The van der Waals surface area contributed by atoms with E-state index in [-0.39, 0.29) is 5.91 Å². The summed E-state index contributed by atoms with van der Waals surface area (Å²) < 4.78 is 0. The van der Waals surface area contributed by atoms with Crippen LogP contribution < -0.4 is 5.32 Å². The molecule has 1 aromatic rings. The largest absolute Gasteiger partial charge is 0.299 e. The molecule has 0 fully saturated rings. The second-order valence-electron chi connectivity index (χ2n) is 3.08. The molecule has 0 saturated heterocycles. The smallest absolute Gasteiger partial charge is 0.258 e. The van der Waals surface area contributed by atoms with Crippen LogP contribution in [0, 0.1) is 0 Å². The maximum absolute atomic E-state index is 11.3. The molecule has 1 N–H and O–H groups in total. The molecule has 2 amide bonds. The first kappa shape index (κ1) is 9.33. The number of allylic oxidation sites excluding steroid dienone is 1. The van der Waals surface area contributed by atoms with Crippen LogP contribution in [-0.4, -0.2) is 18.1 Å². The van der Waals surface area contributed by atoms with Gasteiger partial charge in [-0.3, -0.25) is 19.7 Å². The SMILES string of the molecule is O=CC=Cc1ccc2c(c1)C(=O)NC2=O. The first-order valence-electron chi connectivity index (χ1n) is 4.34. The Balaban J connectivity index is 2.47. The van der Waals surface area contributed by atoms with Crippen LogP contribution in [0.2, 0.25) is 0 Å². The topological polar surface area (TPSA) is 63.2 Å². The first-order chi connectivity index (χ1) is 7.22. The van der Waals surface area contributed by atoms with Crippen molar-refractivity contribution in [3.63, 3.8) is 0 Å². The van der Waals surface area contributed by atoms with Crippen molar-refractivity contribution in [2.45, 2.75) is 0 Å². The Morgan fingerprint density at radius 2 is 1.80 bits per heavy atom. The lowest BCUT2D eigenvalue weighted by Crippen LogP contribution is -2.19. The van der Waals surface area contributed by atoms with Crippen molar-refractivity contribution in [2.24, 2.45) is 0 Å². The van der Waals surface area contributed by atoms with Crippen molar-refractivity contribution >= 4 is 24.2 Å². The molecule has 1 heterocycles. The molecule has 1 aliphatic heterocycles. The highest BCUT2D eigenvalue weighted by atomic mass is 16.2. The number of carbonyl (C=O) groups is 3. The van der Waals surface area contributed by atoms with Crippen LogP contribution in [0.25, 0.3) is 6.08 Å². The fourth-order valence-electron chi connectivity index (χ4n) is 1.44. The molecule has 0 aromatic heterocycles. The third-order valence-corrected chi connectivity index (χ3v) is 2.13. The Morgan fingerprint density at radius 3 is 2.53 bits per heavy atom. The zero-order valence-electron chi connectivity index (χ0n) is 7.69. The molecule has 2 rings (SSSR count). The predicted molar refractivity (Wildman–Crippen MR) is 53.3 cm³/mol. The number of fused-ring (bicyclic) bond motifs is 1. The van der Waals surface area contributed by atoms with Crippen molar-refractivity contribution in [3.8, 4) is 0 Å². The van der Waals surface area contributed by atoms with E-state index in [1.165, 1.54) is 6.08 Å². The Morgan fingerprint density at radius 1 is 1.07 bits per heavy atom. The fraction of sp³-hybridized carbons (Fsp3) is 0. The average molecular weight is 201 g/mol. The molecular weight excluding hydrogens is 194 g/mol. The van der Waals surface area contributed by atoms with E-state index in [0.29, 0.717) is 23.0 Å². The molecule has 1 aromatic carbocycles. The van der Waals surface area contributed by atoms with E-state index in [1.807, 2.05) is 0 Å². The molecule has 74 valence electrons. The Hall–Kier alpha value is -2.23. The molecule has 0 saturated carbocycles. The lowest BCUT2D eigenvalue weighted by atomic mass is 10.1. The van der Waals surface area contributed by atoms with Crippen molar-refractivity contribution in [3.05, 3.63) is 41.0 Å². The summed E-state index contributed by atoms with van der Waals surface area (Å²) in [4.78, 5) is 32.6. The van der Waals surface area contributed by atoms with Gasteiger partial charge in [0.15, 0.2) is 0 Å². The molecule has 4 heteroatoms. The van der Waals surface area contributed by atoms with Crippen LogP contribution in [0.5, 0.6) is 0 Å². The summed E-state index contributed by atoms with van der Waals surface area (Å²) in [6.07, 6.45) is 3.55. The number of nitrogens with one attached hydrogen (secondary N) is 1. The number of hydrogen-bond donors (Lipinski definition) is 1. The summed E-state index contributed by atoms with van der Waals surface area (Å²) in [5.41, 5.74) is 1.45. The third kappa shape index (κ3) is 1.57. The molecule has 0 bridgehead atoms. The number of hydrogen-bond acceptors (Lipinski definition) is 3. The van der Waals surface area contributed by atoms with Crippen LogP contribution in [0.3, 0.4) is 0 Å². The van der Waals surface area contributed by atoms with Gasteiger partial charge in [-0.05, 0) is 23.8 Å². The lowest BCUT2D eigenvalue weighted by Gasteiger charge is -1.95. The summed E-state index contributed by atoms with van der Waals surface area (Å²) in [6.45, 7) is 0. The molecule has 15 heavy (non-hydrogen) atoms. The van der Waals surface area contributed by atoms with Crippen LogP contribution in [0.15, 0.2) is 24.3 Å². The average Bonchev–Trinajstić information content (AvgIpc) is 2.52. The molecule has 4 nitrogen and oxygen atoms in total. The predicted octanol–water partition coefficient (Wildman–Crippen LogP) is 0.782. The maximum atomic E-state index is 11.3. The first-order valence-corrected chi connectivity index (χ1v) is 4.34. The van der Waals surface area contributed by atoms with Gasteiger partial charge in [0.1, 0.15) is 6.29 Å². The van der Waals surface area contributed by atoms with Crippen molar-refractivity contribution < 1.29 is 14.4 Å². The van der Waals surface area contributed by atoms with Gasteiger partial charge in [-0.15, -0.1) is 0 Å². The third-order valence-electron chi connectivity index (χ3n) is 2.13. The quantitative estimate of drug-likeness (QED) is 0.437. The van der Waals surface area contributed by atoms with Gasteiger partial charge in [-0.25, -0.2) is 0 Å². The fourth-order valence-corrected chi connectivity index (χ4v) is 1.44. The molecule has 0 spiro atoms. The molecule has 0 radical (unpaired) electrons. The van der Waals surface area contributed by atoms with Crippen molar-refractivity contribution in [1.82, 2.24) is 5.32 Å². The Labute approximate surface area is 85.6 Å². The summed E-state index contributed by atoms with van der Waals surface area (Å²) in [6, 6.07) is 4.83. The van der Waals surface area contributed by atoms with E-state index in [0.717, 1.165) is 0 Å². The van der Waals surface area contributed by atoms with Crippen LogP contribution in [0.4, 0.5) is 0 Å². The molecule has 0 unspecified atom stereocenters. The van der Waals surface area contributed by atoms with Crippen LogP contribution >= 0.6 is 0 Å². The highest BCUT2D eigenvalue weighted by Gasteiger charge is 2.26. The Kier molecular flexibility index (Phi) is 2.17. The van der Waals surface area contributed by atoms with Crippen molar-refractivity contribution in [2.75, 3.05) is 0 Å². The van der Waals surface area contributed by atoms with E-state index >= 15 is 0 Å². The lowest BCUT2D eigenvalue weighted by molar-refractivity contribution is -0.104. The number of benzene rings is 1. The summed E-state index contributed by atoms with van der Waals surface area (Å²) in [5, 5.41) is 2.19. The van der Waals surface area contributed by atoms with E-state index in [2.05, 4.69) is 5.32 Å². The van der Waals surface area contributed by atoms with Crippen LogP contribution in [-0.2, 0) is 4.79 Å². The van der Waals surface area contributed by atoms with Crippen molar-refractivity contribution in [1.29, 1.82) is 0 Å². The maximum Gasteiger partial charge on any atom is 0.258 e. The number of amides is 2. The van der Waals surface area contributed by atoms with Gasteiger partial charge < -0.3 is 0 Å². The molecule has 0 atom stereocenters. The number of rotatable bonds is 2. The minimum Gasteiger partial charge on any atom is -0.299 e. The summed E-state index contributed by atoms with van der Waals surface area (Å²) >= 11 is 0. The number of carbonyl (C=O) groups excluding carboxylic acids is 3. The molecule has 1 aliphatic rings. The summed E-state index contributed by atoms with van der Waals surface area (Å²) in [7, 11) is 0. The van der Waals surface area contributed by atoms with Crippen LogP contribution in [0.1, 0.15) is 26.3 Å². The van der Waals surface area contributed by atoms with E-state index in [4.69, 9.17) is 0 Å². The van der Waals surface area contributed by atoms with Gasteiger partial charge in [0.05, 0.1) is 11.1 Å². The number of imide groups is 1. The van der Waals surface area contributed by atoms with E-state index < -0.39 is 5.91 Å². The zero-order valence-corrected chi connectivity index (χ0v) is 7.69. The minimum atomic E-state index is -0.392. The standard InChI is InChI=1S/C11H7NO3/c13-5-1-2-7-3-4-8-9(6-7)11(15)12-10(8)14/h1-6H,(H,12,14,15). The minimum absolute atomic E-state index is 0.355. The van der Waals surface area contributed by atoms with Gasteiger partial charge in [0.2, 0.25) is 0 Å². The highest BCUT2D eigenvalue weighted by molar-refractivity contribution is 6.21. The van der Waals surface area contributed by atoms with Gasteiger partial charge in [-0.1, -0.05) is 12.1 Å². The van der Waals surface area contributed by atoms with Gasteiger partial charge in [-0.2, -0.15) is 0 Å². The number of aldehydes is 1. The van der Waals surface area contributed by atoms with E-state index in [9.17, 15) is 14.4 Å². The Bertz CT molecular complexity index is 489. The normalized spacial score (nSPS) is 14.1. The zero-order chi connectivity index (χ0) is 10.8. The van der Waals surface area contributed by atoms with E-state index in [1.54, 1.807) is 24.3 Å². The van der Waals surface area contributed by atoms with Gasteiger partial charge >= 0.3 is 0 Å². The summed E-state index contributed by atoms with van der Waals surface area (Å²) in [5.74, 6) is -0.766. The molecule has 0 aliphatic carbocycles. The van der Waals surface area contributed by atoms with Gasteiger partial charge in [0, 0.05) is 0 Å².